The topological polar surface area (TPSA) is 77.6 Å². The average molecular weight is 490 g/mol. The molecule has 2 N–H and O–H groups in total. The molecule has 1 aromatic heterocycles. The molecule has 1 aliphatic heterocycles. The monoisotopic (exact) mass is 489 g/mol. The second kappa shape index (κ2) is 10.3. The minimum Gasteiger partial charge on any atom is -0.352 e. The van der Waals surface area contributed by atoms with Gasteiger partial charge in [0, 0.05) is 56.1 Å². The number of nitrogens with zero attached hydrogens (tertiary/aromatic N) is 3. The predicted octanol–water partition coefficient (Wildman–Crippen LogP) is 3.67. The van der Waals surface area contributed by atoms with Crippen molar-refractivity contribution in [3.8, 4) is 0 Å². The van der Waals surface area contributed by atoms with Crippen LogP contribution in [0.2, 0.25) is 10.0 Å². The van der Waals surface area contributed by atoms with Gasteiger partial charge in [-0.1, -0.05) is 23.2 Å². The van der Waals surface area contributed by atoms with Gasteiger partial charge in [-0.05, 0) is 30.3 Å². The van der Waals surface area contributed by atoms with Crippen molar-refractivity contribution in [2.75, 3.05) is 44.2 Å². The highest BCUT2D eigenvalue weighted by Gasteiger charge is 2.32. The summed E-state index contributed by atoms with van der Waals surface area (Å²) in [7, 11) is 0. The molecule has 0 spiro atoms. The highest BCUT2D eigenvalue weighted by molar-refractivity contribution is 6.33. The van der Waals surface area contributed by atoms with E-state index in [1.165, 1.54) is 0 Å². The van der Waals surface area contributed by atoms with Crippen molar-refractivity contribution in [3.05, 3.63) is 57.7 Å². The van der Waals surface area contributed by atoms with Crippen LogP contribution in [0.15, 0.2) is 36.5 Å². The summed E-state index contributed by atoms with van der Waals surface area (Å²) >= 11 is 11.8. The van der Waals surface area contributed by atoms with Gasteiger partial charge < -0.3 is 20.4 Å². The van der Waals surface area contributed by atoms with E-state index in [1.54, 1.807) is 34.1 Å². The Kier molecular flexibility index (Phi) is 7.68. The summed E-state index contributed by atoms with van der Waals surface area (Å²) in [5, 5.41) is 5.87. The van der Waals surface area contributed by atoms with E-state index in [9.17, 15) is 22.8 Å². The summed E-state index contributed by atoms with van der Waals surface area (Å²) in [6.07, 6.45) is -3.77. The number of carbonyl (C=O) groups excluding carboxylic acids is 2. The van der Waals surface area contributed by atoms with Crippen molar-refractivity contribution in [2.24, 2.45) is 0 Å². The predicted molar refractivity (Wildman–Crippen MR) is 115 cm³/mol. The Balaban J connectivity index is 1.42. The molecule has 12 heteroatoms. The second-order valence-corrected chi connectivity index (χ2v) is 7.84. The van der Waals surface area contributed by atoms with Gasteiger partial charge in [-0.2, -0.15) is 13.2 Å². The summed E-state index contributed by atoms with van der Waals surface area (Å²) < 4.78 is 38.3. The van der Waals surface area contributed by atoms with Gasteiger partial charge in [0.2, 0.25) is 0 Å². The van der Waals surface area contributed by atoms with Crippen LogP contribution >= 0.6 is 23.2 Å². The van der Waals surface area contributed by atoms with Gasteiger partial charge in [0.25, 0.3) is 5.91 Å². The number of amides is 3. The van der Waals surface area contributed by atoms with E-state index >= 15 is 0 Å². The van der Waals surface area contributed by atoms with Crippen molar-refractivity contribution in [1.82, 2.24) is 20.5 Å². The van der Waals surface area contributed by atoms with E-state index in [2.05, 4.69) is 15.6 Å². The zero-order valence-electron chi connectivity index (χ0n) is 16.8. The fraction of sp³-hybridized carbons (Fsp3) is 0.350. The first-order valence-electron chi connectivity index (χ1n) is 9.69. The van der Waals surface area contributed by atoms with E-state index < -0.39 is 11.7 Å². The molecular weight excluding hydrogens is 470 g/mol. The molecule has 0 aliphatic carbocycles. The number of hydrogen-bond donors (Lipinski definition) is 2. The fourth-order valence-corrected chi connectivity index (χ4v) is 3.51. The van der Waals surface area contributed by atoms with Gasteiger partial charge in [-0.15, -0.1) is 0 Å². The van der Waals surface area contributed by atoms with Crippen molar-refractivity contribution < 1.29 is 22.8 Å². The lowest BCUT2D eigenvalue weighted by molar-refractivity contribution is -0.137. The normalized spacial score (nSPS) is 14.3. The Hall–Kier alpha value is -2.72. The molecule has 1 fully saturated rings. The maximum Gasteiger partial charge on any atom is 0.417 e. The van der Waals surface area contributed by atoms with Gasteiger partial charge in [0.15, 0.2) is 0 Å². The van der Waals surface area contributed by atoms with Crippen LogP contribution in [-0.4, -0.2) is 61.1 Å². The lowest BCUT2D eigenvalue weighted by atomic mass is 10.2. The number of halogens is 5. The Morgan fingerprint density at radius 2 is 1.62 bits per heavy atom. The van der Waals surface area contributed by atoms with Gasteiger partial charge in [-0.25, -0.2) is 9.78 Å². The van der Waals surface area contributed by atoms with Crippen LogP contribution < -0.4 is 15.5 Å². The molecule has 1 aromatic carbocycles. The van der Waals surface area contributed by atoms with Crippen LogP contribution in [0.1, 0.15) is 15.9 Å². The molecule has 3 rings (SSSR count). The van der Waals surface area contributed by atoms with Crippen LogP contribution in [0.25, 0.3) is 0 Å². The Labute approximate surface area is 192 Å². The lowest BCUT2D eigenvalue weighted by Gasteiger charge is -2.35. The highest BCUT2D eigenvalue weighted by atomic mass is 35.5. The third-order valence-electron chi connectivity index (χ3n) is 4.81. The molecule has 0 atom stereocenters. The first-order chi connectivity index (χ1) is 15.1. The fourth-order valence-electron chi connectivity index (χ4n) is 3.10. The highest BCUT2D eigenvalue weighted by Crippen LogP contribution is 2.33. The van der Waals surface area contributed by atoms with Crippen molar-refractivity contribution in [3.63, 3.8) is 0 Å². The van der Waals surface area contributed by atoms with Crippen molar-refractivity contribution >= 4 is 41.0 Å². The summed E-state index contributed by atoms with van der Waals surface area (Å²) in [5.74, 6) is -0.0184. The van der Waals surface area contributed by atoms with Gasteiger partial charge in [-0.3, -0.25) is 4.79 Å². The lowest BCUT2D eigenvalue weighted by Crippen LogP contribution is -2.52. The van der Waals surface area contributed by atoms with Crippen LogP contribution in [0.3, 0.4) is 0 Å². The smallest absolute Gasteiger partial charge is 0.352 e. The number of benzene rings is 1. The van der Waals surface area contributed by atoms with Crippen molar-refractivity contribution in [2.45, 2.75) is 6.18 Å². The van der Waals surface area contributed by atoms with E-state index in [1.807, 2.05) is 0 Å². The number of anilines is 1. The van der Waals surface area contributed by atoms with Crippen LogP contribution in [0.5, 0.6) is 0 Å². The number of rotatable bonds is 5. The zero-order chi connectivity index (χ0) is 23.3. The number of aromatic nitrogens is 1. The van der Waals surface area contributed by atoms with Gasteiger partial charge in [0.1, 0.15) is 5.82 Å². The largest absolute Gasteiger partial charge is 0.417 e. The quantitative estimate of drug-likeness (QED) is 0.628. The number of alkyl halides is 3. The molecule has 1 aliphatic rings. The average Bonchev–Trinajstić information content (AvgIpc) is 2.76. The summed E-state index contributed by atoms with van der Waals surface area (Å²) in [4.78, 5) is 31.5. The molecule has 7 nitrogen and oxygen atoms in total. The molecule has 2 heterocycles. The Morgan fingerprint density at radius 3 is 2.22 bits per heavy atom. The molecule has 0 bridgehead atoms. The number of pyridine rings is 1. The van der Waals surface area contributed by atoms with E-state index in [4.69, 9.17) is 23.2 Å². The Morgan fingerprint density at radius 1 is 1.00 bits per heavy atom. The SMILES string of the molecule is O=C(NCCNC(=O)N1CCN(c2ncc(C(F)(F)F)cc2Cl)CC1)c1ccc(Cl)cc1. The number of nitrogens with one attached hydrogen (secondary N) is 2. The molecule has 1 saturated heterocycles. The molecule has 172 valence electrons. The minimum atomic E-state index is -4.51. The van der Waals surface area contributed by atoms with Crippen LogP contribution in [-0.2, 0) is 6.18 Å². The molecule has 0 radical (unpaired) electrons. The second-order valence-electron chi connectivity index (χ2n) is 7.00. The number of hydrogen-bond acceptors (Lipinski definition) is 4. The maximum absolute atomic E-state index is 12.8. The Bertz CT molecular complexity index is 965. The standard InChI is InChI=1S/C20H20Cl2F3N5O2/c21-15-3-1-13(2-4-15)18(31)26-5-6-27-19(32)30-9-7-29(8-10-30)17-16(22)11-14(12-28-17)20(23,24)25/h1-4,11-12H,5-10H2,(H,26,31)(H,27,32). The summed E-state index contributed by atoms with van der Waals surface area (Å²) in [6, 6.07) is 7.00. The molecule has 2 aromatic rings. The minimum absolute atomic E-state index is 0.0887. The number of urea groups is 1. The first kappa shape index (κ1) is 23.9. The summed E-state index contributed by atoms with van der Waals surface area (Å²) in [5.41, 5.74) is -0.445. The molecule has 0 unspecified atom stereocenters. The third kappa shape index (κ3) is 6.17. The van der Waals surface area contributed by atoms with E-state index in [0.29, 0.717) is 36.8 Å². The molecule has 0 saturated carbocycles. The maximum atomic E-state index is 12.8. The molecule has 3 amide bonds. The van der Waals surface area contributed by atoms with Crippen LogP contribution in [0.4, 0.5) is 23.8 Å². The number of carbonyl (C=O) groups is 2. The number of piperazine rings is 1. The van der Waals surface area contributed by atoms with Gasteiger partial charge >= 0.3 is 12.2 Å². The first-order valence-corrected chi connectivity index (χ1v) is 10.4. The zero-order valence-corrected chi connectivity index (χ0v) is 18.3. The van der Waals surface area contributed by atoms with E-state index in [-0.39, 0.29) is 35.9 Å². The summed E-state index contributed by atoms with van der Waals surface area (Å²) in [6.45, 7) is 1.94. The van der Waals surface area contributed by atoms with Gasteiger partial charge in [0.05, 0.1) is 10.6 Å². The molecular formula is C20H20Cl2F3N5O2. The molecule has 32 heavy (non-hydrogen) atoms. The van der Waals surface area contributed by atoms with E-state index in [0.717, 1.165) is 12.3 Å². The van der Waals surface area contributed by atoms with Crippen LogP contribution in [0, 0.1) is 0 Å². The van der Waals surface area contributed by atoms with Crippen molar-refractivity contribution in [1.29, 1.82) is 0 Å². The third-order valence-corrected chi connectivity index (χ3v) is 5.34.